The number of nitrogens with zero attached hydrogens (tertiary/aromatic N) is 3. The summed E-state index contributed by atoms with van der Waals surface area (Å²) in [5.41, 5.74) is 0.823. The van der Waals surface area contributed by atoms with Crippen molar-refractivity contribution in [2.24, 2.45) is 17.8 Å². The number of hydrogen-bond donors (Lipinski definition) is 1. The van der Waals surface area contributed by atoms with Gasteiger partial charge in [0.1, 0.15) is 0 Å². The summed E-state index contributed by atoms with van der Waals surface area (Å²) >= 11 is 1.28. The number of pyridine rings is 1. The van der Waals surface area contributed by atoms with E-state index in [1.807, 2.05) is 12.1 Å². The Morgan fingerprint density at radius 2 is 2.16 bits per heavy atom. The number of nitrogens with one attached hydrogen (secondary N) is 1. The van der Waals surface area contributed by atoms with E-state index in [-0.39, 0.29) is 11.9 Å². The molecule has 6 nitrogen and oxygen atoms in total. The van der Waals surface area contributed by atoms with E-state index in [4.69, 9.17) is 4.42 Å². The molecule has 0 spiro atoms. The van der Waals surface area contributed by atoms with Crippen LogP contribution < -0.4 is 5.32 Å². The van der Waals surface area contributed by atoms with Gasteiger partial charge in [0.2, 0.25) is 11.8 Å². The first kappa shape index (κ1) is 16.6. The van der Waals surface area contributed by atoms with Gasteiger partial charge in [0.25, 0.3) is 5.22 Å². The summed E-state index contributed by atoms with van der Waals surface area (Å²) in [6.07, 6.45) is 8.71. The fraction of sp³-hybridized carbons (Fsp3) is 0.556. The molecule has 25 heavy (non-hydrogen) atoms. The highest BCUT2D eigenvalue weighted by Crippen LogP contribution is 2.49. The van der Waals surface area contributed by atoms with E-state index in [1.165, 1.54) is 37.4 Å². The summed E-state index contributed by atoms with van der Waals surface area (Å²) in [4.78, 5) is 16.2. The minimum atomic E-state index is 0.0314. The lowest BCUT2D eigenvalue weighted by Gasteiger charge is -2.28. The van der Waals surface area contributed by atoms with Crippen molar-refractivity contribution in [3.63, 3.8) is 0 Å². The Morgan fingerprint density at radius 1 is 1.32 bits per heavy atom. The number of carbonyl (C=O) groups excluding carboxylic acids is 1. The lowest BCUT2D eigenvalue weighted by atomic mass is 9.84. The Kier molecular flexibility index (Phi) is 4.74. The minimum Gasteiger partial charge on any atom is -0.411 e. The SMILES string of the molecule is CC(NC(=O)CSc1nnc(-c2ccncc2)o1)C1CC2CCC1C2. The quantitative estimate of drug-likeness (QED) is 0.799. The molecule has 132 valence electrons. The van der Waals surface area contributed by atoms with Crippen LogP contribution in [0.5, 0.6) is 0 Å². The zero-order chi connectivity index (χ0) is 17.2. The van der Waals surface area contributed by atoms with E-state index >= 15 is 0 Å². The lowest BCUT2D eigenvalue weighted by molar-refractivity contribution is -0.119. The van der Waals surface area contributed by atoms with Crippen LogP contribution >= 0.6 is 11.8 Å². The molecule has 2 aliphatic rings. The molecule has 2 aromatic rings. The summed E-state index contributed by atoms with van der Waals surface area (Å²) < 4.78 is 5.60. The molecular formula is C18H22N4O2S. The highest BCUT2D eigenvalue weighted by Gasteiger charge is 2.42. The van der Waals surface area contributed by atoms with Gasteiger partial charge in [0.15, 0.2) is 0 Å². The number of rotatable bonds is 6. The second-order valence-corrected chi connectivity index (χ2v) is 8.02. The molecule has 1 N–H and O–H groups in total. The highest BCUT2D eigenvalue weighted by atomic mass is 32.2. The van der Waals surface area contributed by atoms with Crippen LogP contribution in [0.4, 0.5) is 0 Å². The molecule has 2 heterocycles. The molecule has 0 radical (unpaired) electrons. The van der Waals surface area contributed by atoms with Crippen LogP contribution in [-0.4, -0.2) is 32.9 Å². The van der Waals surface area contributed by atoms with Crippen molar-refractivity contribution in [2.45, 2.75) is 43.9 Å². The first-order valence-corrected chi connectivity index (χ1v) is 9.83. The maximum atomic E-state index is 12.2. The number of fused-ring (bicyclic) bond motifs is 2. The molecule has 2 fully saturated rings. The van der Waals surface area contributed by atoms with Crippen molar-refractivity contribution >= 4 is 17.7 Å². The summed E-state index contributed by atoms with van der Waals surface area (Å²) in [6, 6.07) is 3.87. The number of hydrogen-bond acceptors (Lipinski definition) is 6. The number of thioether (sulfide) groups is 1. The fourth-order valence-electron chi connectivity index (χ4n) is 4.32. The number of amides is 1. The Hall–Kier alpha value is -1.89. The average Bonchev–Trinajstić information content (AvgIpc) is 3.37. The predicted molar refractivity (Wildman–Crippen MR) is 94.8 cm³/mol. The van der Waals surface area contributed by atoms with Gasteiger partial charge in [-0.15, -0.1) is 10.2 Å². The Labute approximate surface area is 151 Å². The van der Waals surface area contributed by atoms with E-state index < -0.39 is 0 Å². The maximum Gasteiger partial charge on any atom is 0.277 e. The van der Waals surface area contributed by atoms with Crippen molar-refractivity contribution in [3.05, 3.63) is 24.5 Å². The Balaban J connectivity index is 1.27. The monoisotopic (exact) mass is 358 g/mol. The van der Waals surface area contributed by atoms with Gasteiger partial charge in [-0.2, -0.15) is 0 Å². The van der Waals surface area contributed by atoms with Crippen LogP contribution in [0.25, 0.3) is 11.5 Å². The van der Waals surface area contributed by atoms with Gasteiger partial charge in [-0.25, -0.2) is 0 Å². The molecule has 2 saturated carbocycles. The zero-order valence-corrected chi connectivity index (χ0v) is 15.0. The first-order valence-electron chi connectivity index (χ1n) is 8.85. The molecule has 0 aromatic carbocycles. The van der Waals surface area contributed by atoms with Gasteiger partial charge in [0, 0.05) is 24.0 Å². The molecule has 2 aliphatic carbocycles. The smallest absolute Gasteiger partial charge is 0.277 e. The van der Waals surface area contributed by atoms with Gasteiger partial charge >= 0.3 is 0 Å². The summed E-state index contributed by atoms with van der Waals surface area (Å²) in [6.45, 7) is 2.14. The van der Waals surface area contributed by atoms with Crippen LogP contribution in [-0.2, 0) is 4.79 Å². The molecule has 2 aromatic heterocycles. The van der Waals surface area contributed by atoms with Gasteiger partial charge in [-0.3, -0.25) is 9.78 Å². The van der Waals surface area contributed by atoms with Gasteiger partial charge in [0.05, 0.1) is 5.75 Å². The van der Waals surface area contributed by atoms with Crippen molar-refractivity contribution in [1.29, 1.82) is 0 Å². The predicted octanol–water partition coefficient (Wildman–Crippen LogP) is 3.16. The maximum absolute atomic E-state index is 12.2. The van der Waals surface area contributed by atoms with E-state index in [9.17, 15) is 4.79 Å². The molecule has 4 unspecified atom stereocenters. The van der Waals surface area contributed by atoms with Crippen molar-refractivity contribution in [2.75, 3.05) is 5.75 Å². The largest absolute Gasteiger partial charge is 0.411 e. The molecule has 2 bridgehead atoms. The Morgan fingerprint density at radius 3 is 2.88 bits per heavy atom. The third kappa shape index (κ3) is 3.71. The van der Waals surface area contributed by atoms with Gasteiger partial charge < -0.3 is 9.73 Å². The Bertz CT molecular complexity index is 736. The molecule has 0 aliphatic heterocycles. The zero-order valence-electron chi connectivity index (χ0n) is 14.2. The first-order chi connectivity index (χ1) is 12.2. The second-order valence-electron chi connectivity index (χ2n) is 7.09. The van der Waals surface area contributed by atoms with Crippen LogP contribution in [0.2, 0.25) is 0 Å². The third-order valence-electron chi connectivity index (χ3n) is 5.48. The van der Waals surface area contributed by atoms with E-state index in [0.29, 0.717) is 22.8 Å². The van der Waals surface area contributed by atoms with Gasteiger partial charge in [-0.05, 0) is 56.1 Å². The van der Waals surface area contributed by atoms with Crippen molar-refractivity contribution in [3.8, 4) is 11.5 Å². The molecule has 1 amide bonds. The lowest BCUT2D eigenvalue weighted by Crippen LogP contribution is -2.40. The van der Waals surface area contributed by atoms with E-state index in [0.717, 1.165) is 17.4 Å². The van der Waals surface area contributed by atoms with Crippen molar-refractivity contribution in [1.82, 2.24) is 20.5 Å². The fourth-order valence-corrected chi connectivity index (χ4v) is 4.89. The molecular weight excluding hydrogens is 336 g/mol. The average molecular weight is 358 g/mol. The summed E-state index contributed by atoms with van der Waals surface area (Å²) in [5.74, 6) is 3.13. The second kappa shape index (κ2) is 7.15. The van der Waals surface area contributed by atoms with E-state index in [2.05, 4.69) is 27.4 Å². The highest BCUT2D eigenvalue weighted by molar-refractivity contribution is 7.99. The third-order valence-corrected chi connectivity index (χ3v) is 6.30. The molecule has 4 rings (SSSR count). The molecule has 4 atom stereocenters. The molecule has 7 heteroatoms. The van der Waals surface area contributed by atoms with Gasteiger partial charge in [-0.1, -0.05) is 18.2 Å². The topological polar surface area (TPSA) is 80.9 Å². The number of aromatic nitrogens is 3. The molecule has 0 saturated heterocycles. The van der Waals surface area contributed by atoms with Crippen LogP contribution in [0, 0.1) is 17.8 Å². The normalized spacial score (nSPS) is 25.9. The number of carbonyl (C=O) groups is 1. The summed E-state index contributed by atoms with van der Waals surface area (Å²) in [7, 11) is 0. The van der Waals surface area contributed by atoms with Crippen molar-refractivity contribution < 1.29 is 9.21 Å². The minimum absolute atomic E-state index is 0.0314. The van der Waals surface area contributed by atoms with Crippen LogP contribution in [0.3, 0.4) is 0 Å². The van der Waals surface area contributed by atoms with Crippen LogP contribution in [0.15, 0.2) is 34.2 Å². The summed E-state index contributed by atoms with van der Waals surface area (Å²) in [5, 5.41) is 11.6. The standard InChI is InChI=1S/C18H22N4O2S/c1-11(15-9-12-2-3-14(15)8-12)20-16(23)10-25-18-22-21-17(24-18)13-4-6-19-7-5-13/h4-7,11-12,14-15H,2-3,8-10H2,1H3,(H,20,23). The van der Waals surface area contributed by atoms with E-state index in [1.54, 1.807) is 12.4 Å². The van der Waals surface area contributed by atoms with Crippen LogP contribution in [0.1, 0.15) is 32.6 Å².